The van der Waals surface area contributed by atoms with Crippen LogP contribution in [0.4, 0.5) is 5.13 Å². The quantitative estimate of drug-likeness (QED) is 0.0909. The van der Waals surface area contributed by atoms with E-state index in [1.165, 1.54) is 25.3 Å². The molecule has 0 aliphatic carbocycles. The zero-order chi connectivity index (χ0) is 30.5. The number of pyridine rings is 1. The Morgan fingerprint density at radius 2 is 1.98 bits per heavy atom. The number of nitrogens with zero attached hydrogens (tertiary/aromatic N) is 4. The molecular formula is C29H25BrN4O7S. The average Bonchev–Trinajstić information content (AvgIpc) is 3.60. The molecule has 0 bridgehead atoms. The maximum absolute atomic E-state index is 13.7. The van der Waals surface area contributed by atoms with Gasteiger partial charge in [-0.3, -0.25) is 14.5 Å². The highest BCUT2D eigenvalue weighted by Gasteiger charge is 2.49. The van der Waals surface area contributed by atoms with Crippen LogP contribution in [0.15, 0.2) is 53.2 Å². The number of thiazole rings is 1. The van der Waals surface area contributed by atoms with Crippen molar-refractivity contribution in [2.75, 3.05) is 18.6 Å². The van der Waals surface area contributed by atoms with Crippen LogP contribution < -0.4 is 9.64 Å². The molecule has 11 nitrogen and oxygen atoms in total. The number of aliphatic hydroxyl groups excluding tert-OH is 1. The van der Waals surface area contributed by atoms with Crippen molar-refractivity contribution in [2.24, 2.45) is 0 Å². The summed E-state index contributed by atoms with van der Waals surface area (Å²) in [7, 11) is 1.36. The fourth-order valence-electron chi connectivity index (χ4n) is 4.80. The number of esters is 1. The molecule has 1 fully saturated rings. The molecule has 1 aliphatic rings. The van der Waals surface area contributed by atoms with Crippen molar-refractivity contribution in [3.8, 4) is 11.5 Å². The number of phenolic OH excluding ortho intramolecular Hbond substituents is 1. The minimum atomic E-state index is -1.22. The van der Waals surface area contributed by atoms with Crippen molar-refractivity contribution in [1.29, 1.82) is 0 Å². The van der Waals surface area contributed by atoms with Gasteiger partial charge in [-0.1, -0.05) is 30.1 Å². The second-order valence-electron chi connectivity index (χ2n) is 9.45. The fraction of sp³-hybridized carbons (Fsp3) is 0.207. The number of anilines is 1. The van der Waals surface area contributed by atoms with E-state index in [-0.39, 0.29) is 43.9 Å². The summed E-state index contributed by atoms with van der Waals surface area (Å²) in [4.78, 5) is 50.3. The Labute approximate surface area is 252 Å². The van der Waals surface area contributed by atoms with E-state index in [2.05, 4.69) is 32.5 Å². The molecule has 2 N–H and O–H groups in total. The molecule has 4 aromatic rings. The number of carbonyl (C=O) groups is 3. The maximum atomic E-state index is 13.7. The monoisotopic (exact) mass is 652 g/mol. The number of aromatic nitrogens is 3. The summed E-state index contributed by atoms with van der Waals surface area (Å²) in [6.45, 7) is 8.71. The zero-order valence-corrected chi connectivity index (χ0v) is 25.4. The second kappa shape index (κ2) is 11.1. The van der Waals surface area contributed by atoms with Crippen LogP contribution in [-0.2, 0) is 14.3 Å². The molecule has 1 atom stereocenters. The molecule has 1 aromatic carbocycles. The Balaban J connectivity index is 1.76. The van der Waals surface area contributed by atoms with Gasteiger partial charge in [-0.05, 0) is 66.0 Å². The van der Waals surface area contributed by atoms with E-state index in [1.54, 1.807) is 24.4 Å². The number of aryl methyl sites for hydroxylation is 3. The fourth-order valence-corrected chi connectivity index (χ4v) is 6.25. The first-order valence-electron chi connectivity index (χ1n) is 12.6. The predicted octanol–water partition coefficient (Wildman–Crippen LogP) is 5.16. The van der Waals surface area contributed by atoms with E-state index in [0.717, 1.165) is 21.8 Å². The number of hydrogen-bond donors (Lipinski definition) is 2. The number of halogens is 1. The van der Waals surface area contributed by atoms with Gasteiger partial charge >= 0.3 is 11.9 Å². The molecule has 0 radical (unpaired) electrons. The van der Waals surface area contributed by atoms with Crippen molar-refractivity contribution in [3.05, 3.63) is 86.2 Å². The smallest absolute Gasteiger partial charge is 0.350 e. The van der Waals surface area contributed by atoms with Crippen molar-refractivity contribution in [3.63, 3.8) is 0 Å². The molecule has 3 aromatic heterocycles. The lowest BCUT2D eigenvalue weighted by Crippen LogP contribution is -2.29. The van der Waals surface area contributed by atoms with Gasteiger partial charge in [0.2, 0.25) is 0 Å². The van der Waals surface area contributed by atoms with Gasteiger partial charge in [-0.25, -0.2) is 14.8 Å². The number of aromatic hydroxyl groups is 1. The zero-order valence-electron chi connectivity index (χ0n) is 23.0. The minimum absolute atomic E-state index is 0.0187. The van der Waals surface area contributed by atoms with E-state index >= 15 is 0 Å². The summed E-state index contributed by atoms with van der Waals surface area (Å²) in [5, 5.41) is 22.2. The molecule has 216 valence electrons. The van der Waals surface area contributed by atoms with E-state index in [4.69, 9.17) is 9.47 Å². The molecular weight excluding hydrogens is 628 g/mol. The first-order chi connectivity index (χ1) is 20.0. The van der Waals surface area contributed by atoms with Crippen molar-refractivity contribution in [1.82, 2.24) is 14.4 Å². The molecule has 0 saturated carbocycles. The lowest BCUT2D eigenvalue weighted by atomic mass is 9.96. The number of hydrogen-bond acceptors (Lipinski definition) is 10. The summed E-state index contributed by atoms with van der Waals surface area (Å²) in [5.41, 5.74) is 2.47. The maximum Gasteiger partial charge on any atom is 0.350 e. The van der Waals surface area contributed by atoms with E-state index in [9.17, 15) is 24.6 Å². The summed E-state index contributed by atoms with van der Waals surface area (Å²) in [6, 6.07) is 5.45. The Kier molecular flexibility index (Phi) is 7.64. The van der Waals surface area contributed by atoms with Crippen molar-refractivity contribution < 1.29 is 34.1 Å². The number of ether oxygens (including phenoxy) is 2. The number of benzene rings is 1. The molecule has 4 heterocycles. The molecule has 1 amide bonds. The molecule has 0 spiro atoms. The van der Waals surface area contributed by atoms with Gasteiger partial charge in [-0.2, -0.15) is 0 Å². The van der Waals surface area contributed by atoms with Crippen LogP contribution in [0.2, 0.25) is 0 Å². The highest BCUT2D eigenvalue weighted by atomic mass is 79.9. The molecule has 42 heavy (non-hydrogen) atoms. The van der Waals surface area contributed by atoms with Crippen LogP contribution in [0.3, 0.4) is 0 Å². The SMILES string of the molecule is C=CCOC(=O)c1sc(N2C(=O)C(=O)C(=C(O)c3nc4c(C)cccn4c3C)C2c2cc(Br)c(O)c(OC)c2)nc1C. The lowest BCUT2D eigenvalue weighted by molar-refractivity contribution is -0.132. The lowest BCUT2D eigenvalue weighted by Gasteiger charge is -2.23. The van der Waals surface area contributed by atoms with E-state index in [0.29, 0.717) is 22.6 Å². The van der Waals surface area contributed by atoms with Gasteiger partial charge in [-0.15, -0.1) is 0 Å². The summed E-state index contributed by atoms with van der Waals surface area (Å²) < 4.78 is 12.5. The highest BCUT2D eigenvalue weighted by Crippen LogP contribution is 2.47. The third-order valence-corrected chi connectivity index (χ3v) is 8.59. The first-order valence-corrected chi connectivity index (χ1v) is 14.2. The number of Topliss-reactive ketones (excluding diaryl/α,β-unsaturated/α-hetero) is 1. The molecule has 1 unspecified atom stereocenters. The molecule has 13 heteroatoms. The Hall–Kier alpha value is -4.49. The number of carbonyl (C=O) groups excluding carboxylic acids is 3. The Morgan fingerprint density at radius 3 is 2.64 bits per heavy atom. The van der Waals surface area contributed by atoms with Crippen LogP contribution in [0.5, 0.6) is 11.5 Å². The third kappa shape index (κ3) is 4.64. The van der Waals surface area contributed by atoms with Crippen LogP contribution in [0, 0.1) is 20.8 Å². The van der Waals surface area contributed by atoms with E-state index < -0.39 is 29.5 Å². The number of rotatable bonds is 7. The van der Waals surface area contributed by atoms with Gasteiger partial charge in [0.15, 0.2) is 22.4 Å². The van der Waals surface area contributed by atoms with Gasteiger partial charge < -0.3 is 24.1 Å². The summed E-state index contributed by atoms with van der Waals surface area (Å²) in [5.74, 6) is -3.21. The first kappa shape index (κ1) is 29.0. The van der Waals surface area contributed by atoms with Gasteiger partial charge in [0.05, 0.1) is 34.6 Å². The van der Waals surface area contributed by atoms with Gasteiger partial charge in [0.25, 0.3) is 5.78 Å². The topological polar surface area (TPSA) is 144 Å². The highest BCUT2D eigenvalue weighted by molar-refractivity contribution is 9.10. The number of amides is 1. The second-order valence-corrected chi connectivity index (χ2v) is 11.3. The average molecular weight is 654 g/mol. The van der Waals surface area contributed by atoms with Crippen LogP contribution in [0.25, 0.3) is 11.4 Å². The third-order valence-electron chi connectivity index (χ3n) is 6.85. The Bertz CT molecular complexity index is 1840. The molecule has 5 rings (SSSR count). The number of phenols is 1. The van der Waals surface area contributed by atoms with Gasteiger partial charge in [0.1, 0.15) is 22.8 Å². The normalized spacial score (nSPS) is 16.3. The number of fused-ring (bicyclic) bond motifs is 1. The number of methoxy groups -OCH3 is 1. The molecule has 1 aliphatic heterocycles. The largest absolute Gasteiger partial charge is 0.505 e. The number of ketones is 1. The van der Waals surface area contributed by atoms with E-state index in [1.807, 2.05) is 19.1 Å². The summed E-state index contributed by atoms with van der Waals surface area (Å²) >= 11 is 4.17. The van der Waals surface area contributed by atoms with Crippen LogP contribution >= 0.6 is 27.3 Å². The summed E-state index contributed by atoms with van der Waals surface area (Å²) in [6.07, 6.45) is 3.21. The molecule has 1 saturated heterocycles. The van der Waals surface area contributed by atoms with Crippen molar-refractivity contribution >= 4 is 61.5 Å². The Morgan fingerprint density at radius 1 is 1.24 bits per heavy atom. The number of imidazole rings is 1. The van der Waals surface area contributed by atoms with Crippen LogP contribution in [0.1, 0.15) is 43.9 Å². The minimum Gasteiger partial charge on any atom is -0.505 e. The van der Waals surface area contributed by atoms with Crippen molar-refractivity contribution in [2.45, 2.75) is 26.8 Å². The predicted molar refractivity (Wildman–Crippen MR) is 159 cm³/mol. The number of aliphatic hydroxyl groups is 1. The van der Waals surface area contributed by atoms with Gasteiger partial charge in [0, 0.05) is 6.20 Å². The standard InChI is InChI=1S/C29H25BrN4O7S/c1-6-10-41-28(39)25-14(3)31-29(42-25)34-21(16-11-17(30)22(35)18(12-16)40-5)19(24(37)27(34)38)23(36)20-15(4)33-9-7-8-13(2)26(33)32-20/h6-9,11-12,21,35-36H,1,10H2,2-5H3. The van der Waals surface area contributed by atoms with Crippen LogP contribution in [-0.4, -0.2) is 56.0 Å².